The summed E-state index contributed by atoms with van der Waals surface area (Å²) in [7, 11) is 1.57. The van der Waals surface area contributed by atoms with Crippen molar-refractivity contribution in [3.8, 4) is 5.75 Å². The molecule has 1 aromatic rings. The van der Waals surface area contributed by atoms with Crippen LogP contribution in [-0.2, 0) is 0 Å². The minimum absolute atomic E-state index is 0.000278. The number of hydrogen-bond acceptors (Lipinski definition) is 3. The van der Waals surface area contributed by atoms with Gasteiger partial charge in [-0.2, -0.15) is 0 Å². The quantitative estimate of drug-likeness (QED) is 0.874. The molecule has 0 spiro atoms. The summed E-state index contributed by atoms with van der Waals surface area (Å²) >= 11 is 0. The molecule has 94 valence electrons. The average Bonchev–Trinajstić information content (AvgIpc) is 2.74. The fourth-order valence-electron chi connectivity index (χ4n) is 2.45. The number of benzene rings is 1. The van der Waals surface area contributed by atoms with Gasteiger partial charge in [0.1, 0.15) is 11.6 Å². The Labute approximate surface area is 101 Å². The minimum Gasteiger partial charge on any atom is -0.496 e. The first kappa shape index (κ1) is 12.3. The summed E-state index contributed by atoms with van der Waals surface area (Å²) in [6.07, 6.45) is 0.973. The Morgan fingerprint density at radius 1 is 1.53 bits per heavy atom. The van der Waals surface area contributed by atoms with Gasteiger partial charge in [-0.15, -0.1) is 0 Å². The Balaban J connectivity index is 2.26. The van der Waals surface area contributed by atoms with Gasteiger partial charge < -0.3 is 10.5 Å². The van der Waals surface area contributed by atoms with Crippen LogP contribution in [0.25, 0.3) is 0 Å². The first-order valence-corrected chi connectivity index (χ1v) is 5.95. The number of rotatable bonds is 3. The topological polar surface area (TPSA) is 38.5 Å². The highest BCUT2D eigenvalue weighted by Crippen LogP contribution is 2.32. The Morgan fingerprint density at radius 2 is 2.29 bits per heavy atom. The lowest BCUT2D eigenvalue weighted by Crippen LogP contribution is -2.29. The minimum atomic E-state index is -0.211. The van der Waals surface area contributed by atoms with E-state index in [1.165, 1.54) is 6.07 Å². The third-order valence-electron chi connectivity index (χ3n) is 3.45. The van der Waals surface area contributed by atoms with Gasteiger partial charge in [-0.25, -0.2) is 4.39 Å². The van der Waals surface area contributed by atoms with Crippen LogP contribution in [0.3, 0.4) is 0 Å². The van der Waals surface area contributed by atoms with Gasteiger partial charge in [-0.1, -0.05) is 6.07 Å². The molecule has 3 nitrogen and oxygen atoms in total. The molecule has 17 heavy (non-hydrogen) atoms. The van der Waals surface area contributed by atoms with E-state index in [0.29, 0.717) is 11.3 Å². The standard InChI is InChI=1S/C13H19FN2O/c1-9(16-7-6-10(15)8-16)13-11(14)4-3-5-12(13)17-2/h3-5,9-10H,6-8,15H2,1-2H3. The molecular weight excluding hydrogens is 219 g/mol. The van der Waals surface area contributed by atoms with Crippen LogP contribution in [0.1, 0.15) is 24.9 Å². The molecule has 0 amide bonds. The second-order valence-corrected chi connectivity index (χ2v) is 4.58. The monoisotopic (exact) mass is 238 g/mol. The molecule has 0 saturated carbocycles. The lowest BCUT2D eigenvalue weighted by atomic mass is 10.1. The first-order chi connectivity index (χ1) is 8.13. The van der Waals surface area contributed by atoms with Gasteiger partial charge in [0.25, 0.3) is 0 Å². The van der Waals surface area contributed by atoms with E-state index < -0.39 is 0 Å². The molecule has 0 aromatic heterocycles. The van der Waals surface area contributed by atoms with Crippen LogP contribution in [-0.4, -0.2) is 31.1 Å². The van der Waals surface area contributed by atoms with Gasteiger partial charge >= 0.3 is 0 Å². The fraction of sp³-hybridized carbons (Fsp3) is 0.538. The molecule has 1 aliphatic heterocycles. The van der Waals surface area contributed by atoms with E-state index in [1.807, 2.05) is 6.92 Å². The SMILES string of the molecule is COc1cccc(F)c1C(C)N1CCC(N)C1. The van der Waals surface area contributed by atoms with Crippen LogP contribution in [0.2, 0.25) is 0 Å². The van der Waals surface area contributed by atoms with E-state index in [0.717, 1.165) is 19.5 Å². The van der Waals surface area contributed by atoms with Crippen LogP contribution in [0, 0.1) is 5.82 Å². The van der Waals surface area contributed by atoms with Gasteiger partial charge in [0.05, 0.1) is 7.11 Å². The molecule has 0 radical (unpaired) electrons. The van der Waals surface area contributed by atoms with Crippen molar-refractivity contribution in [1.82, 2.24) is 4.90 Å². The van der Waals surface area contributed by atoms with E-state index in [9.17, 15) is 4.39 Å². The molecule has 2 atom stereocenters. The lowest BCUT2D eigenvalue weighted by molar-refractivity contribution is 0.247. The van der Waals surface area contributed by atoms with Gasteiger partial charge in [-0.3, -0.25) is 4.90 Å². The second kappa shape index (κ2) is 5.02. The first-order valence-electron chi connectivity index (χ1n) is 5.95. The number of hydrogen-bond donors (Lipinski definition) is 1. The summed E-state index contributed by atoms with van der Waals surface area (Å²) in [5, 5.41) is 0. The predicted octanol–water partition coefficient (Wildman–Crippen LogP) is 1.93. The molecule has 1 fully saturated rings. The number of ether oxygens (including phenoxy) is 1. The number of nitrogens with two attached hydrogens (primary N) is 1. The second-order valence-electron chi connectivity index (χ2n) is 4.58. The summed E-state index contributed by atoms with van der Waals surface area (Å²) in [5.41, 5.74) is 6.51. The maximum absolute atomic E-state index is 13.9. The van der Waals surface area contributed by atoms with E-state index in [2.05, 4.69) is 4.90 Å². The van der Waals surface area contributed by atoms with Crippen molar-refractivity contribution in [3.05, 3.63) is 29.6 Å². The van der Waals surface area contributed by atoms with Crippen molar-refractivity contribution in [2.75, 3.05) is 20.2 Å². The smallest absolute Gasteiger partial charge is 0.131 e. The maximum Gasteiger partial charge on any atom is 0.131 e. The van der Waals surface area contributed by atoms with Gasteiger partial charge in [-0.05, 0) is 25.5 Å². The molecule has 1 aromatic carbocycles. The lowest BCUT2D eigenvalue weighted by Gasteiger charge is -2.26. The largest absolute Gasteiger partial charge is 0.496 e. The number of nitrogens with zero attached hydrogens (tertiary/aromatic N) is 1. The van der Waals surface area contributed by atoms with E-state index in [4.69, 9.17) is 10.5 Å². The molecule has 0 bridgehead atoms. The molecule has 2 N–H and O–H groups in total. The summed E-state index contributed by atoms with van der Waals surface area (Å²) in [6.45, 7) is 3.73. The summed E-state index contributed by atoms with van der Waals surface area (Å²) < 4.78 is 19.1. The molecule has 1 saturated heterocycles. The molecule has 2 unspecified atom stereocenters. The van der Waals surface area contributed by atoms with Crippen LogP contribution in [0.4, 0.5) is 4.39 Å². The van der Waals surface area contributed by atoms with Crippen LogP contribution >= 0.6 is 0 Å². The van der Waals surface area contributed by atoms with Crippen molar-refractivity contribution in [3.63, 3.8) is 0 Å². The van der Waals surface area contributed by atoms with Gasteiger partial charge in [0.2, 0.25) is 0 Å². The number of methoxy groups -OCH3 is 1. The molecule has 1 aliphatic rings. The number of likely N-dealkylation sites (tertiary alicyclic amines) is 1. The number of halogens is 1. The summed E-state index contributed by atoms with van der Waals surface area (Å²) in [6, 6.07) is 5.14. The highest BCUT2D eigenvalue weighted by atomic mass is 19.1. The Morgan fingerprint density at radius 3 is 2.88 bits per heavy atom. The van der Waals surface area contributed by atoms with Crippen molar-refractivity contribution in [2.24, 2.45) is 5.73 Å². The Kier molecular flexibility index (Phi) is 3.64. The van der Waals surface area contributed by atoms with Crippen molar-refractivity contribution in [1.29, 1.82) is 0 Å². The predicted molar refractivity (Wildman–Crippen MR) is 65.5 cm³/mol. The fourth-order valence-corrected chi connectivity index (χ4v) is 2.45. The average molecular weight is 238 g/mol. The summed E-state index contributed by atoms with van der Waals surface area (Å²) in [4.78, 5) is 2.20. The zero-order valence-corrected chi connectivity index (χ0v) is 10.3. The third-order valence-corrected chi connectivity index (χ3v) is 3.45. The molecule has 1 heterocycles. The van der Waals surface area contributed by atoms with Gasteiger partial charge in [0, 0.05) is 30.7 Å². The Bertz CT molecular complexity index is 397. The van der Waals surface area contributed by atoms with E-state index in [1.54, 1.807) is 19.2 Å². The highest BCUT2D eigenvalue weighted by Gasteiger charge is 2.27. The van der Waals surface area contributed by atoms with E-state index in [-0.39, 0.29) is 17.9 Å². The van der Waals surface area contributed by atoms with Crippen molar-refractivity contribution < 1.29 is 9.13 Å². The van der Waals surface area contributed by atoms with Crippen LogP contribution in [0.5, 0.6) is 5.75 Å². The zero-order valence-electron chi connectivity index (χ0n) is 10.3. The van der Waals surface area contributed by atoms with Crippen LogP contribution in [0.15, 0.2) is 18.2 Å². The van der Waals surface area contributed by atoms with Crippen molar-refractivity contribution >= 4 is 0 Å². The summed E-state index contributed by atoms with van der Waals surface area (Å²) in [5.74, 6) is 0.398. The molecule has 0 aliphatic carbocycles. The highest BCUT2D eigenvalue weighted by molar-refractivity contribution is 5.37. The maximum atomic E-state index is 13.9. The zero-order chi connectivity index (χ0) is 12.4. The van der Waals surface area contributed by atoms with Gasteiger partial charge in [0.15, 0.2) is 0 Å². The normalized spacial score (nSPS) is 22.7. The molecule has 4 heteroatoms. The molecular formula is C13H19FN2O. The molecule has 2 rings (SSSR count). The van der Waals surface area contributed by atoms with E-state index >= 15 is 0 Å². The Hall–Kier alpha value is -1.13. The third kappa shape index (κ3) is 2.42. The van der Waals surface area contributed by atoms with Crippen LogP contribution < -0.4 is 10.5 Å². The van der Waals surface area contributed by atoms with Crippen molar-refractivity contribution in [2.45, 2.75) is 25.4 Å².